The molecule has 0 aliphatic heterocycles. The zero-order chi connectivity index (χ0) is 24.0. The molecule has 1 aromatic rings. The normalized spacial score (nSPS) is 13.1. The van der Waals surface area contributed by atoms with Crippen molar-refractivity contribution in [2.24, 2.45) is 0 Å². The molecular weight excluding hydrogens is 410 g/mol. The van der Waals surface area contributed by atoms with E-state index in [-0.39, 0.29) is 12.3 Å². The Hall–Kier alpha value is -3.14. The fourth-order valence-electron chi connectivity index (χ4n) is 3.07. The number of hydrogen-bond acceptors (Lipinski definition) is 2. The maximum Gasteiger partial charge on any atom is 0.326 e. The topological polar surface area (TPSA) is 66.4 Å². The van der Waals surface area contributed by atoms with Crippen molar-refractivity contribution in [1.29, 1.82) is 0 Å². The lowest BCUT2D eigenvalue weighted by atomic mass is 10.1. The van der Waals surface area contributed by atoms with Crippen LogP contribution in [0.4, 0.5) is 0 Å². The molecule has 1 rings (SSSR count). The highest BCUT2D eigenvalue weighted by molar-refractivity contribution is 5.83. The van der Waals surface area contributed by atoms with Crippen molar-refractivity contribution in [3.63, 3.8) is 0 Å². The molecule has 0 aliphatic rings. The summed E-state index contributed by atoms with van der Waals surface area (Å²) in [5.74, 6) is -1.23. The van der Waals surface area contributed by atoms with Crippen molar-refractivity contribution in [3.8, 4) is 0 Å². The minimum atomic E-state index is -1.01. The first-order valence-electron chi connectivity index (χ1n) is 11.9. The zero-order valence-electron chi connectivity index (χ0n) is 19.9. The average molecular weight is 450 g/mol. The first-order chi connectivity index (χ1) is 16.1. The first-order valence-corrected chi connectivity index (χ1v) is 11.9. The Morgan fingerprint density at radius 3 is 1.85 bits per heavy atom. The number of carboxylic acids is 1. The molecule has 0 radical (unpaired) electrons. The Labute approximate surface area is 199 Å². The summed E-state index contributed by atoms with van der Waals surface area (Å²) in [6.07, 6.45) is 28.6. The van der Waals surface area contributed by atoms with Crippen molar-refractivity contribution < 1.29 is 14.7 Å². The van der Waals surface area contributed by atoms with Crippen LogP contribution in [0, 0.1) is 0 Å². The van der Waals surface area contributed by atoms with Crippen LogP contribution < -0.4 is 5.32 Å². The molecule has 0 bridgehead atoms. The quantitative estimate of drug-likeness (QED) is 0.205. The lowest BCUT2D eigenvalue weighted by molar-refractivity contribution is -0.141. The highest BCUT2D eigenvalue weighted by Crippen LogP contribution is 2.05. The van der Waals surface area contributed by atoms with Crippen LogP contribution in [0.25, 0.3) is 0 Å². The lowest BCUT2D eigenvalue weighted by Crippen LogP contribution is -2.42. The number of benzene rings is 1. The van der Waals surface area contributed by atoms with Crippen molar-refractivity contribution in [3.05, 3.63) is 96.7 Å². The van der Waals surface area contributed by atoms with Gasteiger partial charge in [0.2, 0.25) is 5.91 Å². The van der Waals surface area contributed by atoms with Gasteiger partial charge in [-0.25, -0.2) is 4.79 Å². The van der Waals surface area contributed by atoms with Gasteiger partial charge < -0.3 is 10.4 Å². The minimum absolute atomic E-state index is 0.217. The molecule has 1 amide bonds. The van der Waals surface area contributed by atoms with Crippen LogP contribution >= 0.6 is 0 Å². The Balaban J connectivity index is 2.11. The fourth-order valence-corrected chi connectivity index (χ4v) is 3.07. The Kier molecular flexibility index (Phi) is 16.5. The molecule has 0 saturated heterocycles. The van der Waals surface area contributed by atoms with E-state index in [9.17, 15) is 14.7 Å². The smallest absolute Gasteiger partial charge is 0.326 e. The number of rotatable bonds is 17. The maximum absolute atomic E-state index is 12.1. The molecule has 0 fully saturated rings. The van der Waals surface area contributed by atoms with Crippen LogP contribution in [-0.2, 0) is 16.0 Å². The lowest BCUT2D eigenvalue weighted by Gasteiger charge is -2.14. The standard InChI is InChI=1S/C29H39NO3/c1-2-3-4-5-6-7-8-9-10-11-12-13-14-15-16-17-21-24-28(31)30-27(29(32)33)25-26-22-19-18-20-23-26/h3-4,6-7,9-10,12-13,15-16,18-20,22-23,27H,2,5,8,11,14,17,21,24-25H2,1H3,(H,30,31)(H,32,33)/b4-3-,7-6-,10-9-,13-12-,16-15-/t27-/m0/s1. The van der Waals surface area contributed by atoms with E-state index in [2.05, 4.69) is 73.0 Å². The van der Waals surface area contributed by atoms with Crippen LogP contribution in [0.15, 0.2) is 91.1 Å². The van der Waals surface area contributed by atoms with Gasteiger partial charge in [-0.05, 0) is 50.5 Å². The molecule has 0 aliphatic carbocycles. The molecule has 178 valence electrons. The molecule has 2 N–H and O–H groups in total. The van der Waals surface area contributed by atoms with E-state index < -0.39 is 12.0 Å². The SMILES string of the molecule is CC/C=C\C/C=C\C/C=C\C/C=C\C/C=C\CCCC(=O)N[C@@H](Cc1ccccc1)C(=O)O. The monoisotopic (exact) mass is 449 g/mol. The molecule has 33 heavy (non-hydrogen) atoms. The highest BCUT2D eigenvalue weighted by atomic mass is 16.4. The molecule has 0 spiro atoms. The van der Waals surface area contributed by atoms with Crippen LogP contribution in [0.5, 0.6) is 0 Å². The number of carbonyl (C=O) groups excluding carboxylic acids is 1. The van der Waals surface area contributed by atoms with Gasteiger partial charge >= 0.3 is 5.97 Å². The predicted molar refractivity (Wildman–Crippen MR) is 138 cm³/mol. The molecule has 0 heterocycles. The van der Waals surface area contributed by atoms with Crippen LogP contribution in [-0.4, -0.2) is 23.0 Å². The van der Waals surface area contributed by atoms with E-state index in [0.717, 1.165) is 44.1 Å². The summed E-state index contributed by atoms with van der Waals surface area (Å²) in [5.41, 5.74) is 0.893. The third-order valence-corrected chi connectivity index (χ3v) is 4.85. The van der Waals surface area contributed by atoms with Gasteiger partial charge in [0.1, 0.15) is 6.04 Å². The molecule has 0 aromatic heterocycles. The molecule has 0 saturated carbocycles. The van der Waals surface area contributed by atoms with Gasteiger partial charge in [-0.1, -0.05) is 98.0 Å². The minimum Gasteiger partial charge on any atom is -0.480 e. The van der Waals surface area contributed by atoms with Gasteiger partial charge in [0.05, 0.1) is 0 Å². The van der Waals surface area contributed by atoms with Crippen LogP contribution in [0.2, 0.25) is 0 Å². The van der Waals surface area contributed by atoms with Gasteiger partial charge in [0.15, 0.2) is 0 Å². The molecular formula is C29H39NO3. The highest BCUT2D eigenvalue weighted by Gasteiger charge is 2.19. The fraction of sp³-hybridized carbons (Fsp3) is 0.379. The number of aliphatic carboxylic acids is 1. The number of unbranched alkanes of at least 4 members (excludes halogenated alkanes) is 1. The molecule has 4 nitrogen and oxygen atoms in total. The summed E-state index contributed by atoms with van der Waals surface area (Å²) in [7, 11) is 0. The molecule has 0 unspecified atom stereocenters. The largest absolute Gasteiger partial charge is 0.480 e. The van der Waals surface area contributed by atoms with E-state index in [1.165, 1.54) is 0 Å². The number of carboxylic acid groups (broad SMARTS) is 1. The second-order valence-corrected chi connectivity index (χ2v) is 7.75. The number of nitrogens with one attached hydrogen (secondary N) is 1. The van der Waals surface area contributed by atoms with Gasteiger partial charge in [-0.15, -0.1) is 0 Å². The Morgan fingerprint density at radius 1 is 0.818 bits per heavy atom. The molecule has 4 heteroatoms. The van der Waals surface area contributed by atoms with E-state index in [4.69, 9.17) is 0 Å². The van der Waals surface area contributed by atoms with E-state index in [1.54, 1.807) is 0 Å². The van der Waals surface area contributed by atoms with E-state index >= 15 is 0 Å². The third kappa shape index (κ3) is 16.2. The van der Waals surface area contributed by atoms with Gasteiger partial charge in [0, 0.05) is 12.8 Å². The molecule has 1 atom stereocenters. The summed E-state index contributed by atoms with van der Waals surface area (Å²) in [4.78, 5) is 23.5. The maximum atomic E-state index is 12.1. The first kappa shape index (κ1) is 27.9. The van der Waals surface area contributed by atoms with Gasteiger partial charge in [-0.3, -0.25) is 4.79 Å². The number of hydrogen-bond donors (Lipinski definition) is 2. The second kappa shape index (κ2) is 19.5. The summed E-state index contributed by atoms with van der Waals surface area (Å²) >= 11 is 0. The van der Waals surface area contributed by atoms with Crippen molar-refractivity contribution in [2.45, 2.75) is 70.8 Å². The predicted octanol–water partition coefficient (Wildman–Crippen LogP) is 6.72. The third-order valence-electron chi connectivity index (χ3n) is 4.85. The Bertz CT molecular complexity index is 803. The summed E-state index contributed by atoms with van der Waals surface area (Å²) < 4.78 is 0. The van der Waals surface area contributed by atoms with E-state index in [0.29, 0.717) is 12.8 Å². The van der Waals surface area contributed by atoms with Crippen LogP contribution in [0.3, 0.4) is 0 Å². The van der Waals surface area contributed by atoms with Crippen molar-refractivity contribution >= 4 is 11.9 Å². The summed E-state index contributed by atoms with van der Waals surface area (Å²) in [5, 5.41) is 12.0. The number of amides is 1. The second-order valence-electron chi connectivity index (χ2n) is 7.75. The average Bonchev–Trinajstić information content (AvgIpc) is 2.81. The van der Waals surface area contributed by atoms with Gasteiger partial charge in [-0.2, -0.15) is 0 Å². The van der Waals surface area contributed by atoms with E-state index in [1.807, 2.05) is 30.3 Å². The zero-order valence-corrected chi connectivity index (χ0v) is 19.9. The van der Waals surface area contributed by atoms with Crippen LogP contribution in [0.1, 0.15) is 63.9 Å². The summed E-state index contributed by atoms with van der Waals surface area (Å²) in [6.45, 7) is 2.14. The number of allylic oxidation sites excluding steroid dienone is 10. The van der Waals surface area contributed by atoms with Crippen molar-refractivity contribution in [1.82, 2.24) is 5.32 Å². The Morgan fingerprint density at radius 2 is 1.33 bits per heavy atom. The van der Waals surface area contributed by atoms with Gasteiger partial charge in [0.25, 0.3) is 0 Å². The molecule has 1 aromatic carbocycles. The summed E-state index contributed by atoms with van der Waals surface area (Å²) in [6, 6.07) is 8.44. The number of carbonyl (C=O) groups is 2. The van der Waals surface area contributed by atoms with Crippen molar-refractivity contribution in [2.75, 3.05) is 0 Å².